The van der Waals surface area contributed by atoms with Crippen LogP contribution in [0.1, 0.15) is 16.8 Å². The summed E-state index contributed by atoms with van der Waals surface area (Å²) in [5, 5.41) is 4.29. The van der Waals surface area contributed by atoms with Gasteiger partial charge in [-0.15, -0.1) is 0 Å². The minimum atomic E-state index is -0.204. The van der Waals surface area contributed by atoms with Crippen LogP contribution in [0.5, 0.6) is 0 Å². The molecule has 84 valence electrons. The van der Waals surface area contributed by atoms with Crippen molar-refractivity contribution in [2.24, 2.45) is 5.73 Å². The normalized spacial score (nSPS) is 10.7. The standard InChI is InChI=1S/C12H14FN3/c1-9-11(6-14)8-16(15-9)7-10-4-2-3-5-12(10)13/h2-5,8H,6-7,14H2,1H3. The molecule has 0 atom stereocenters. The molecular weight excluding hydrogens is 205 g/mol. The Morgan fingerprint density at radius 2 is 2.06 bits per heavy atom. The molecule has 0 spiro atoms. The van der Waals surface area contributed by atoms with Gasteiger partial charge in [-0.3, -0.25) is 4.68 Å². The lowest BCUT2D eigenvalue weighted by molar-refractivity contribution is 0.584. The van der Waals surface area contributed by atoms with Gasteiger partial charge >= 0.3 is 0 Å². The fourth-order valence-corrected chi connectivity index (χ4v) is 1.64. The maximum absolute atomic E-state index is 13.4. The van der Waals surface area contributed by atoms with Gasteiger partial charge in [-0.1, -0.05) is 18.2 Å². The predicted octanol–water partition coefficient (Wildman–Crippen LogP) is 1.84. The van der Waals surface area contributed by atoms with E-state index in [1.54, 1.807) is 16.8 Å². The van der Waals surface area contributed by atoms with Gasteiger partial charge < -0.3 is 5.73 Å². The molecule has 0 saturated heterocycles. The summed E-state index contributed by atoms with van der Waals surface area (Å²) in [4.78, 5) is 0. The van der Waals surface area contributed by atoms with Gasteiger partial charge in [-0.05, 0) is 13.0 Å². The largest absolute Gasteiger partial charge is 0.326 e. The smallest absolute Gasteiger partial charge is 0.128 e. The van der Waals surface area contributed by atoms with Gasteiger partial charge in [0.15, 0.2) is 0 Å². The van der Waals surface area contributed by atoms with Crippen LogP contribution in [0, 0.1) is 12.7 Å². The lowest BCUT2D eigenvalue weighted by Gasteiger charge is -2.02. The highest BCUT2D eigenvalue weighted by Crippen LogP contribution is 2.10. The number of hydrogen-bond donors (Lipinski definition) is 1. The molecule has 0 bridgehead atoms. The summed E-state index contributed by atoms with van der Waals surface area (Å²) in [5.74, 6) is -0.204. The maximum atomic E-state index is 13.4. The van der Waals surface area contributed by atoms with Gasteiger partial charge in [0.25, 0.3) is 0 Å². The van der Waals surface area contributed by atoms with Crippen molar-refractivity contribution in [1.82, 2.24) is 9.78 Å². The molecule has 1 aromatic carbocycles. The van der Waals surface area contributed by atoms with Gasteiger partial charge in [0.1, 0.15) is 5.82 Å². The molecule has 2 N–H and O–H groups in total. The zero-order valence-electron chi connectivity index (χ0n) is 9.15. The molecular formula is C12H14FN3. The minimum absolute atomic E-state index is 0.204. The van der Waals surface area contributed by atoms with E-state index in [1.807, 2.05) is 19.2 Å². The molecule has 1 aromatic heterocycles. The van der Waals surface area contributed by atoms with Gasteiger partial charge in [0, 0.05) is 23.9 Å². The topological polar surface area (TPSA) is 43.8 Å². The van der Waals surface area contributed by atoms with E-state index in [-0.39, 0.29) is 5.82 Å². The van der Waals surface area contributed by atoms with Gasteiger partial charge in [0.05, 0.1) is 12.2 Å². The van der Waals surface area contributed by atoms with E-state index in [9.17, 15) is 4.39 Å². The van der Waals surface area contributed by atoms with Crippen molar-refractivity contribution >= 4 is 0 Å². The molecule has 0 radical (unpaired) electrons. The minimum Gasteiger partial charge on any atom is -0.326 e. The fraction of sp³-hybridized carbons (Fsp3) is 0.250. The van der Waals surface area contributed by atoms with Crippen molar-refractivity contribution in [3.63, 3.8) is 0 Å². The first-order chi connectivity index (χ1) is 7.70. The number of rotatable bonds is 3. The Morgan fingerprint density at radius 3 is 2.69 bits per heavy atom. The highest BCUT2D eigenvalue weighted by Gasteiger charge is 2.05. The van der Waals surface area contributed by atoms with Crippen LogP contribution in [0.4, 0.5) is 4.39 Å². The molecule has 0 aliphatic heterocycles. The molecule has 16 heavy (non-hydrogen) atoms. The van der Waals surface area contributed by atoms with Crippen LogP contribution in [0.25, 0.3) is 0 Å². The summed E-state index contributed by atoms with van der Waals surface area (Å²) in [5.41, 5.74) is 8.09. The Labute approximate surface area is 93.7 Å². The Hall–Kier alpha value is -1.68. The first-order valence-electron chi connectivity index (χ1n) is 5.17. The fourth-order valence-electron chi connectivity index (χ4n) is 1.64. The van der Waals surface area contributed by atoms with Crippen molar-refractivity contribution in [2.75, 3.05) is 0 Å². The monoisotopic (exact) mass is 219 g/mol. The number of benzene rings is 1. The van der Waals surface area contributed by atoms with Crippen LogP contribution in [0.2, 0.25) is 0 Å². The predicted molar refractivity (Wildman–Crippen MR) is 60.4 cm³/mol. The summed E-state index contributed by atoms with van der Waals surface area (Å²) >= 11 is 0. The van der Waals surface area contributed by atoms with E-state index in [0.29, 0.717) is 18.7 Å². The summed E-state index contributed by atoms with van der Waals surface area (Å²) in [6.07, 6.45) is 1.86. The second-order valence-electron chi connectivity index (χ2n) is 3.73. The van der Waals surface area contributed by atoms with Crippen LogP contribution in [0.3, 0.4) is 0 Å². The second kappa shape index (κ2) is 4.45. The highest BCUT2D eigenvalue weighted by atomic mass is 19.1. The van der Waals surface area contributed by atoms with Gasteiger partial charge in [0.2, 0.25) is 0 Å². The number of aromatic nitrogens is 2. The van der Waals surface area contributed by atoms with Crippen LogP contribution >= 0.6 is 0 Å². The van der Waals surface area contributed by atoms with Crippen molar-refractivity contribution in [1.29, 1.82) is 0 Å². The second-order valence-corrected chi connectivity index (χ2v) is 3.73. The first kappa shape index (κ1) is 10.8. The lowest BCUT2D eigenvalue weighted by atomic mass is 10.2. The third-order valence-corrected chi connectivity index (χ3v) is 2.56. The Balaban J connectivity index is 2.24. The Kier molecular flexibility index (Phi) is 3.01. The molecule has 0 saturated carbocycles. The molecule has 4 heteroatoms. The van der Waals surface area contributed by atoms with E-state index in [0.717, 1.165) is 11.3 Å². The maximum Gasteiger partial charge on any atom is 0.128 e. The quantitative estimate of drug-likeness (QED) is 0.856. The van der Waals surface area contributed by atoms with E-state index >= 15 is 0 Å². The molecule has 2 aromatic rings. The highest BCUT2D eigenvalue weighted by molar-refractivity contribution is 5.19. The number of hydrogen-bond acceptors (Lipinski definition) is 2. The van der Waals surface area contributed by atoms with E-state index in [1.165, 1.54) is 6.07 Å². The Bertz CT molecular complexity index is 491. The molecule has 0 aliphatic carbocycles. The van der Waals surface area contributed by atoms with Crippen LogP contribution in [0.15, 0.2) is 30.5 Å². The molecule has 0 aliphatic rings. The number of nitrogens with two attached hydrogens (primary N) is 1. The third kappa shape index (κ3) is 2.12. The summed E-state index contributed by atoms with van der Waals surface area (Å²) in [6, 6.07) is 6.71. The molecule has 0 amide bonds. The van der Waals surface area contributed by atoms with Crippen molar-refractivity contribution < 1.29 is 4.39 Å². The van der Waals surface area contributed by atoms with Crippen molar-refractivity contribution in [3.05, 3.63) is 53.1 Å². The van der Waals surface area contributed by atoms with Crippen LogP contribution < -0.4 is 5.73 Å². The van der Waals surface area contributed by atoms with Crippen LogP contribution in [-0.2, 0) is 13.1 Å². The first-order valence-corrected chi connectivity index (χ1v) is 5.17. The number of nitrogens with zero attached hydrogens (tertiary/aromatic N) is 2. The van der Waals surface area contributed by atoms with Gasteiger partial charge in [-0.2, -0.15) is 5.10 Å². The molecule has 3 nitrogen and oxygen atoms in total. The van der Waals surface area contributed by atoms with Crippen molar-refractivity contribution in [2.45, 2.75) is 20.0 Å². The number of aryl methyl sites for hydroxylation is 1. The average Bonchev–Trinajstić information content (AvgIpc) is 2.62. The zero-order chi connectivity index (χ0) is 11.5. The number of halogens is 1. The molecule has 0 fully saturated rings. The lowest BCUT2D eigenvalue weighted by Crippen LogP contribution is -2.02. The Morgan fingerprint density at radius 1 is 1.31 bits per heavy atom. The summed E-state index contributed by atoms with van der Waals surface area (Å²) in [7, 11) is 0. The van der Waals surface area contributed by atoms with Gasteiger partial charge in [-0.25, -0.2) is 4.39 Å². The van der Waals surface area contributed by atoms with Crippen molar-refractivity contribution in [3.8, 4) is 0 Å². The average molecular weight is 219 g/mol. The van der Waals surface area contributed by atoms with Crippen LogP contribution in [-0.4, -0.2) is 9.78 Å². The SMILES string of the molecule is Cc1nn(Cc2ccccc2F)cc1CN. The summed E-state index contributed by atoms with van der Waals surface area (Å²) < 4.78 is 15.1. The third-order valence-electron chi connectivity index (χ3n) is 2.56. The molecule has 2 rings (SSSR count). The van der Waals surface area contributed by atoms with E-state index in [2.05, 4.69) is 5.10 Å². The molecule has 1 heterocycles. The van der Waals surface area contributed by atoms with E-state index < -0.39 is 0 Å². The summed E-state index contributed by atoms with van der Waals surface area (Å²) in [6.45, 7) is 2.80. The zero-order valence-corrected chi connectivity index (χ0v) is 9.15. The van der Waals surface area contributed by atoms with E-state index in [4.69, 9.17) is 5.73 Å². The molecule has 0 unspecified atom stereocenters.